The maximum absolute atomic E-state index is 11.1. The van der Waals surface area contributed by atoms with Gasteiger partial charge in [0.05, 0.1) is 19.6 Å². The van der Waals surface area contributed by atoms with Gasteiger partial charge in [0.15, 0.2) is 0 Å². The Kier molecular flexibility index (Phi) is 4.16. The van der Waals surface area contributed by atoms with Gasteiger partial charge in [0.25, 0.3) is 0 Å². The molecule has 1 rings (SSSR count). The van der Waals surface area contributed by atoms with E-state index < -0.39 is 0 Å². The van der Waals surface area contributed by atoms with E-state index in [1.807, 2.05) is 38.1 Å². The standard InChI is InChI=1S/C12H16O3/c1-9(2)15-11-6-4-5-10(7-11)8-12(13)14-3/h4-7,9H,8H2,1-3H3. The van der Waals surface area contributed by atoms with Crippen molar-refractivity contribution in [2.24, 2.45) is 0 Å². The first-order valence-corrected chi connectivity index (χ1v) is 4.94. The van der Waals surface area contributed by atoms with Gasteiger partial charge in [-0.25, -0.2) is 0 Å². The minimum atomic E-state index is -0.239. The molecule has 3 nitrogen and oxygen atoms in total. The largest absolute Gasteiger partial charge is 0.491 e. The summed E-state index contributed by atoms with van der Waals surface area (Å²) in [7, 11) is 1.39. The van der Waals surface area contributed by atoms with Crippen LogP contribution in [-0.2, 0) is 16.0 Å². The third kappa shape index (κ3) is 4.02. The smallest absolute Gasteiger partial charge is 0.309 e. The van der Waals surface area contributed by atoms with Crippen LogP contribution in [0.5, 0.6) is 5.75 Å². The van der Waals surface area contributed by atoms with Crippen LogP contribution in [0, 0.1) is 0 Å². The van der Waals surface area contributed by atoms with Crippen LogP contribution in [0.1, 0.15) is 19.4 Å². The summed E-state index contributed by atoms with van der Waals surface area (Å²) >= 11 is 0. The Labute approximate surface area is 90.0 Å². The number of methoxy groups -OCH3 is 1. The van der Waals surface area contributed by atoms with E-state index in [0.29, 0.717) is 0 Å². The van der Waals surface area contributed by atoms with E-state index >= 15 is 0 Å². The maximum atomic E-state index is 11.1. The molecule has 82 valence electrons. The van der Waals surface area contributed by atoms with Gasteiger partial charge in [0.2, 0.25) is 0 Å². The van der Waals surface area contributed by atoms with Crippen LogP contribution in [0.15, 0.2) is 24.3 Å². The minimum Gasteiger partial charge on any atom is -0.491 e. The average molecular weight is 208 g/mol. The molecule has 0 unspecified atom stereocenters. The number of hydrogen-bond acceptors (Lipinski definition) is 3. The Balaban J connectivity index is 2.69. The third-order valence-electron chi connectivity index (χ3n) is 1.85. The second kappa shape index (κ2) is 5.39. The molecule has 0 aromatic heterocycles. The summed E-state index contributed by atoms with van der Waals surface area (Å²) in [5.41, 5.74) is 0.903. The molecule has 0 saturated carbocycles. The Morgan fingerprint density at radius 1 is 1.40 bits per heavy atom. The molecular formula is C12H16O3. The lowest BCUT2D eigenvalue weighted by molar-refractivity contribution is -0.139. The molecule has 0 N–H and O–H groups in total. The van der Waals surface area contributed by atoms with Crippen LogP contribution in [0.2, 0.25) is 0 Å². The number of carbonyl (C=O) groups excluding carboxylic acids is 1. The predicted octanol–water partition coefficient (Wildman–Crippen LogP) is 2.19. The van der Waals surface area contributed by atoms with Gasteiger partial charge in [0, 0.05) is 0 Å². The lowest BCUT2D eigenvalue weighted by Crippen LogP contribution is -2.07. The summed E-state index contributed by atoms with van der Waals surface area (Å²) in [5.74, 6) is 0.545. The van der Waals surface area contributed by atoms with Crippen LogP contribution in [0.3, 0.4) is 0 Å². The van der Waals surface area contributed by atoms with Crippen molar-refractivity contribution < 1.29 is 14.3 Å². The van der Waals surface area contributed by atoms with Crippen LogP contribution < -0.4 is 4.74 Å². The summed E-state index contributed by atoms with van der Waals surface area (Å²) in [6.07, 6.45) is 0.421. The molecule has 1 aromatic rings. The second-order valence-corrected chi connectivity index (χ2v) is 3.57. The van der Waals surface area contributed by atoms with Gasteiger partial charge >= 0.3 is 5.97 Å². The Morgan fingerprint density at radius 2 is 2.13 bits per heavy atom. The lowest BCUT2D eigenvalue weighted by Gasteiger charge is -2.10. The van der Waals surface area contributed by atoms with E-state index in [1.165, 1.54) is 7.11 Å². The summed E-state index contributed by atoms with van der Waals surface area (Å²) in [6, 6.07) is 7.48. The number of hydrogen-bond donors (Lipinski definition) is 0. The molecule has 15 heavy (non-hydrogen) atoms. The molecule has 0 aliphatic heterocycles. The van der Waals surface area contributed by atoms with Crippen molar-refractivity contribution in [3.8, 4) is 5.75 Å². The van der Waals surface area contributed by atoms with E-state index in [1.54, 1.807) is 0 Å². The second-order valence-electron chi connectivity index (χ2n) is 3.57. The molecule has 0 amide bonds. The Morgan fingerprint density at radius 3 is 2.73 bits per heavy atom. The first-order chi connectivity index (χ1) is 7.11. The highest BCUT2D eigenvalue weighted by molar-refractivity contribution is 5.72. The fourth-order valence-corrected chi connectivity index (χ4v) is 1.24. The van der Waals surface area contributed by atoms with E-state index in [4.69, 9.17) is 4.74 Å². The highest BCUT2D eigenvalue weighted by atomic mass is 16.5. The number of ether oxygens (including phenoxy) is 2. The van der Waals surface area contributed by atoms with Crippen molar-refractivity contribution in [2.75, 3.05) is 7.11 Å². The molecule has 0 atom stereocenters. The van der Waals surface area contributed by atoms with E-state index in [2.05, 4.69) is 4.74 Å². The van der Waals surface area contributed by atoms with Gasteiger partial charge in [-0.15, -0.1) is 0 Å². The number of carbonyl (C=O) groups is 1. The highest BCUT2D eigenvalue weighted by Crippen LogP contribution is 2.15. The lowest BCUT2D eigenvalue weighted by atomic mass is 10.1. The minimum absolute atomic E-state index is 0.137. The SMILES string of the molecule is COC(=O)Cc1cccc(OC(C)C)c1. The fourth-order valence-electron chi connectivity index (χ4n) is 1.24. The third-order valence-corrected chi connectivity index (χ3v) is 1.85. The predicted molar refractivity (Wildman–Crippen MR) is 57.9 cm³/mol. The summed E-state index contributed by atoms with van der Waals surface area (Å²) in [4.78, 5) is 11.1. The zero-order chi connectivity index (χ0) is 11.3. The summed E-state index contributed by atoms with van der Waals surface area (Å²) < 4.78 is 10.1. The zero-order valence-corrected chi connectivity index (χ0v) is 9.32. The van der Waals surface area contributed by atoms with Gasteiger partial charge in [-0.1, -0.05) is 12.1 Å². The highest BCUT2D eigenvalue weighted by Gasteiger charge is 2.04. The number of esters is 1. The zero-order valence-electron chi connectivity index (χ0n) is 9.32. The molecule has 0 radical (unpaired) electrons. The van der Waals surface area contributed by atoms with Crippen LogP contribution >= 0.6 is 0 Å². The molecular weight excluding hydrogens is 192 g/mol. The van der Waals surface area contributed by atoms with Gasteiger partial charge in [-0.2, -0.15) is 0 Å². The molecule has 0 bridgehead atoms. The molecule has 0 spiro atoms. The molecule has 3 heteroatoms. The van der Waals surface area contributed by atoms with Crippen molar-refractivity contribution in [2.45, 2.75) is 26.4 Å². The van der Waals surface area contributed by atoms with Crippen molar-refractivity contribution in [1.82, 2.24) is 0 Å². The van der Waals surface area contributed by atoms with Gasteiger partial charge in [0.1, 0.15) is 5.75 Å². The van der Waals surface area contributed by atoms with Crippen LogP contribution in [0.4, 0.5) is 0 Å². The van der Waals surface area contributed by atoms with Crippen LogP contribution in [-0.4, -0.2) is 19.2 Å². The van der Waals surface area contributed by atoms with Crippen molar-refractivity contribution >= 4 is 5.97 Å². The monoisotopic (exact) mass is 208 g/mol. The summed E-state index contributed by atoms with van der Waals surface area (Å²) in [6.45, 7) is 3.93. The van der Waals surface area contributed by atoms with Gasteiger partial charge in [-0.05, 0) is 31.5 Å². The first-order valence-electron chi connectivity index (χ1n) is 4.94. The maximum Gasteiger partial charge on any atom is 0.309 e. The topological polar surface area (TPSA) is 35.5 Å². The molecule has 0 aliphatic rings. The molecule has 0 heterocycles. The van der Waals surface area contributed by atoms with E-state index in [-0.39, 0.29) is 18.5 Å². The van der Waals surface area contributed by atoms with Crippen molar-refractivity contribution in [1.29, 1.82) is 0 Å². The average Bonchev–Trinajstić information content (AvgIpc) is 2.17. The molecule has 0 aliphatic carbocycles. The van der Waals surface area contributed by atoms with E-state index in [0.717, 1.165) is 11.3 Å². The van der Waals surface area contributed by atoms with Crippen molar-refractivity contribution in [3.63, 3.8) is 0 Å². The van der Waals surface area contributed by atoms with Gasteiger partial charge < -0.3 is 9.47 Å². The molecule has 0 saturated heterocycles. The fraction of sp³-hybridized carbons (Fsp3) is 0.417. The van der Waals surface area contributed by atoms with Crippen molar-refractivity contribution in [3.05, 3.63) is 29.8 Å². The first kappa shape index (κ1) is 11.6. The quantitative estimate of drug-likeness (QED) is 0.711. The molecule has 1 aromatic carbocycles. The normalized spacial score (nSPS) is 10.1. The number of rotatable bonds is 4. The van der Waals surface area contributed by atoms with Crippen LogP contribution in [0.25, 0.3) is 0 Å². The van der Waals surface area contributed by atoms with E-state index in [9.17, 15) is 4.79 Å². The Bertz CT molecular complexity index is 331. The van der Waals surface area contributed by atoms with Gasteiger partial charge in [-0.3, -0.25) is 4.79 Å². The number of benzene rings is 1. The molecule has 0 fully saturated rings. The summed E-state index contributed by atoms with van der Waals surface area (Å²) in [5, 5.41) is 0. The Hall–Kier alpha value is -1.51.